The monoisotopic (exact) mass is 656 g/mol. The summed E-state index contributed by atoms with van der Waals surface area (Å²) in [5, 5.41) is 5.87. The molecule has 0 radical (unpaired) electrons. The van der Waals surface area contributed by atoms with Crippen molar-refractivity contribution in [1.82, 2.24) is 4.90 Å². The highest BCUT2D eigenvalue weighted by molar-refractivity contribution is 7.12. The summed E-state index contributed by atoms with van der Waals surface area (Å²) in [4.78, 5) is 28.9. The normalized spacial score (nSPS) is 12.6. The molecule has 0 N–H and O–H groups in total. The zero-order chi connectivity index (χ0) is 22.9. The quantitative estimate of drug-likeness (QED) is 0.169. The number of anilines is 1. The van der Waals surface area contributed by atoms with E-state index >= 15 is 0 Å². The number of rotatable bonds is 6. The van der Waals surface area contributed by atoms with Gasteiger partial charge in [0.15, 0.2) is 12.4 Å². The Morgan fingerprint density at radius 2 is 1.40 bits per heavy atom. The van der Waals surface area contributed by atoms with Gasteiger partial charge < -0.3 is 43.8 Å². The van der Waals surface area contributed by atoms with Crippen LogP contribution in [0.15, 0.2) is 82.0 Å². The number of piperazine rings is 1. The molecule has 1 aliphatic rings. The summed E-state index contributed by atoms with van der Waals surface area (Å²) in [7, 11) is 0. The standard InChI is InChI=1S/C15H18N3OS.C9H8NOS2.2BrH/c19-15(12-16-10-11-20-13-16)18-8-6-17(7-9-18)14-4-2-1-3-5-14;11-8(9-2-1-4-13-9)6-10-3-5-12-7-10;;/h1-5,10-11,13H,6-9,12H2;1-5,7H,6H2;2*1H/q2*+1;;/p-2. The number of carbonyl (C=O) groups excluding carboxylic acids is 2. The van der Waals surface area contributed by atoms with Gasteiger partial charge in [-0.15, -0.1) is 11.3 Å². The zero-order valence-electron chi connectivity index (χ0n) is 18.9. The van der Waals surface area contributed by atoms with Crippen LogP contribution in [-0.4, -0.2) is 42.8 Å². The maximum absolute atomic E-state index is 12.2. The molecule has 5 rings (SSSR count). The van der Waals surface area contributed by atoms with Crippen molar-refractivity contribution in [3.63, 3.8) is 0 Å². The fourth-order valence-corrected chi connectivity index (χ4v) is 5.35. The molecule has 0 atom stereocenters. The largest absolute Gasteiger partial charge is 1.00 e. The Bertz CT molecular complexity index is 1120. The minimum absolute atomic E-state index is 0. The zero-order valence-corrected chi connectivity index (χ0v) is 24.5. The molecule has 0 aliphatic carbocycles. The molecule has 0 saturated carbocycles. The summed E-state index contributed by atoms with van der Waals surface area (Å²) >= 11 is 4.70. The van der Waals surface area contributed by atoms with Crippen molar-refractivity contribution in [2.24, 2.45) is 0 Å². The number of amides is 1. The lowest BCUT2D eigenvalue weighted by atomic mass is 10.2. The van der Waals surface area contributed by atoms with Crippen LogP contribution in [0.5, 0.6) is 0 Å². The number of hydrogen-bond acceptors (Lipinski definition) is 6. The van der Waals surface area contributed by atoms with Crippen molar-refractivity contribution < 1.29 is 52.7 Å². The Kier molecular flexibility index (Phi) is 12.8. The molecule has 4 aromatic rings. The van der Waals surface area contributed by atoms with Gasteiger partial charge >= 0.3 is 0 Å². The second-order valence-electron chi connectivity index (χ2n) is 7.50. The van der Waals surface area contributed by atoms with Crippen molar-refractivity contribution in [2.45, 2.75) is 13.1 Å². The van der Waals surface area contributed by atoms with Crippen molar-refractivity contribution in [1.29, 1.82) is 0 Å². The van der Waals surface area contributed by atoms with Crippen LogP contribution in [0.1, 0.15) is 9.67 Å². The van der Waals surface area contributed by atoms with Gasteiger partial charge in [0, 0.05) is 31.9 Å². The van der Waals surface area contributed by atoms with E-state index in [9.17, 15) is 9.59 Å². The predicted octanol–water partition coefficient (Wildman–Crippen LogP) is -2.63. The molecule has 0 bridgehead atoms. The van der Waals surface area contributed by atoms with Gasteiger partial charge in [-0.3, -0.25) is 9.59 Å². The van der Waals surface area contributed by atoms with Gasteiger partial charge in [-0.25, -0.2) is 0 Å². The van der Waals surface area contributed by atoms with Crippen LogP contribution >= 0.6 is 34.0 Å². The highest BCUT2D eigenvalue weighted by Gasteiger charge is 2.23. The molecular formula is C24H26Br2N4O2S3. The number of ketones is 1. The van der Waals surface area contributed by atoms with Gasteiger partial charge in [-0.2, -0.15) is 9.13 Å². The van der Waals surface area contributed by atoms with Crippen LogP contribution < -0.4 is 48.0 Å². The summed E-state index contributed by atoms with van der Waals surface area (Å²) in [5.41, 5.74) is 5.15. The van der Waals surface area contributed by atoms with E-state index in [2.05, 4.69) is 29.2 Å². The number of halogens is 2. The van der Waals surface area contributed by atoms with Gasteiger partial charge in [0.25, 0.3) is 5.91 Å². The van der Waals surface area contributed by atoms with E-state index in [-0.39, 0.29) is 45.7 Å². The summed E-state index contributed by atoms with van der Waals surface area (Å²) in [6.45, 7) is 4.32. The molecule has 6 nitrogen and oxygen atoms in total. The van der Waals surface area contributed by atoms with Crippen LogP contribution in [0.4, 0.5) is 5.69 Å². The third-order valence-electron chi connectivity index (χ3n) is 5.25. The molecule has 0 spiro atoms. The Balaban J connectivity index is 0.000000252. The van der Waals surface area contributed by atoms with Gasteiger partial charge in [0.2, 0.25) is 29.9 Å². The van der Waals surface area contributed by atoms with Crippen LogP contribution in [0.3, 0.4) is 0 Å². The molecule has 1 amide bonds. The van der Waals surface area contributed by atoms with Gasteiger partial charge in [-0.1, -0.05) is 46.9 Å². The first kappa shape index (κ1) is 29.3. The average Bonchev–Trinajstić information content (AvgIpc) is 3.64. The van der Waals surface area contributed by atoms with E-state index in [1.165, 1.54) is 17.0 Å². The van der Waals surface area contributed by atoms with Gasteiger partial charge in [0.1, 0.15) is 0 Å². The Hall–Kier alpha value is -1.92. The average molecular weight is 659 g/mol. The molecular weight excluding hydrogens is 632 g/mol. The van der Waals surface area contributed by atoms with Crippen LogP contribution in [0.2, 0.25) is 0 Å². The second kappa shape index (κ2) is 15.2. The van der Waals surface area contributed by atoms with E-state index < -0.39 is 0 Å². The molecule has 11 heteroatoms. The summed E-state index contributed by atoms with van der Waals surface area (Å²) in [6.07, 6.45) is 3.86. The number of aromatic nitrogens is 2. The van der Waals surface area contributed by atoms with Crippen molar-refractivity contribution in [3.05, 3.63) is 86.9 Å². The molecule has 4 heterocycles. The maximum Gasteiger partial charge on any atom is 0.288 e. The predicted molar refractivity (Wildman–Crippen MR) is 133 cm³/mol. The number of carbonyl (C=O) groups is 2. The third kappa shape index (κ3) is 8.91. The Labute approximate surface area is 238 Å². The van der Waals surface area contributed by atoms with E-state index in [4.69, 9.17) is 0 Å². The number of thiazole rings is 2. The second-order valence-corrected chi connectivity index (χ2v) is 9.96. The number of Topliss-reactive ketones (excluding diaryl/α,β-unsaturated/α-hetero) is 1. The molecule has 35 heavy (non-hydrogen) atoms. The highest BCUT2D eigenvalue weighted by atomic mass is 79.9. The number of nitrogens with zero attached hydrogens (tertiary/aromatic N) is 4. The van der Waals surface area contributed by atoms with E-state index in [1.807, 2.05) is 71.8 Å². The smallest absolute Gasteiger partial charge is 0.288 e. The number of benzene rings is 1. The van der Waals surface area contributed by atoms with Crippen molar-refractivity contribution >= 4 is 51.4 Å². The first-order chi connectivity index (χ1) is 16.2. The lowest BCUT2D eigenvalue weighted by Crippen LogP contribution is -3.00. The van der Waals surface area contributed by atoms with Crippen molar-refractivity contribution in [2.75, 3.05) is 31.1 Å². The fourth-order valence-electron chi connectivity index (χ4n) is 3.49. The fraction of sp³-hybridized carbons (Fsp3) is 0.250. The maximum atomic E-state index is 12.2. The van der Waals surface area contributed by atoms with Gasteiger partial charge in [-0.05, 0) is 23.6 Å². The highest BCUT2D eigenvalue weighted by Crippen LogP contribution is 2.15. The lowest BCUT2D eigenvalue weighted by molar-refractivity contribution is -0.680. The molecule has 3 aromatic heterocycles. The molecule has 1 fully saturated rings. The first-order valence-electron chi connectivity index (χ1n) is 10.7. The molecule has 1 aliphatic heterocycles. The SMILES string of the molecule is O=C(C[n+]1ccsc1)N1CCN(c2ccccc2)CC1.O=C(C[n+]1ccsc1)c1cccs1.[Br-].[Br-]. The molecule has 186 valence electrons. The van der Waals surface area contributed by atoms with Crippen LogP contribution in [0.25, 0.3) is 0 Å². The van der Waals surface area contributed by atoms with Crippen LogP contribution in [0, 0.1) is 0 Å². The lowest BCUT2D eigenvalue weighted by Gasteiger charge is -2.35. The number of thiophene rings is 1. The topological polar surface area (TPSA) is 48.4 Å². The number of hydrogen-bond donors (Lipinski definition) is 0. The summed E-state index contributed by atoms with van der Waals surface area (Å²) in [6, 6.07) is 14.1. The Morgan fingerprint density at radius 3 is 1.94 bits per heavy atom. The minimum atomic E-state index is 0. The van der Waals surface area contributed by atoms with E-state index in [1.54, 1.807) is 22.7 Å². The molecule has 1 saturated heterocycles. The summed E-state index contributed by atoms with van der Waals surface area (Å²) < 4.78 is 3.84. The molecule has 1 aromatic carbocycles. The molecule has 0 unspecified atom stereocenters. The number of para-hydroxylation sites is 1. The van der Waals surface area contributed by atoms with E-state index in [0.29, 0.717) is 13.1 Å². The van der Waals surface area contributed by atoms with Crippen LogP contribution in [-0.2, 0) is 17.9 Å². The van der Waals surface area contributed by atoms with Crippen molar-refractivity contribution in [3.8, 4) is 0 Å². The minimum Gasteiger partial charge on any atom is -1.00 e. The van der Waals surface area contributed by atoms with E-state index in [0.717, 1.165) is 31.1 Å². The Morgan fingerprint density at radius 1 is 0.771 bits per heavy atom. The van der Waals surface area contributed by atoms with Gasteiger partial charge in [0.05, 0.1) is 15.6 Å². The third-order valence-corrected chi connectivity index (χ3v) is 7.50. The summed E-state index contributed by atoms with van der Waals surface area (Å²) in [5.74, 6) is 0.388. The first-order valence-corrected chi connectivity index (χ1v) is 13.4.